The van der Waals surface area contributed by atoms with Gasteiger partial charge in [-0.05, 0) is 54.1 Å². The second-order valence-corrected chi connectivity index (χ2v) is 7.98. The van der Waals surface area contributed by atoms with Crippen LogP contribution in [-0.4, -0.2) is 42.4 Å². The molecule has 184 valence electrons. The Kier molecular flexibility index (Phi) is 7.39. The Morgan fingerprint density at radius 1 is 0.972 bits per heavy atom. The Morgan fingerprint density at radius 3 is 2.42 bits per heavy atom. The number of hydrogen-bond acceptors (Lipinski definition) is 5. The molecule has 0 saturated carbocycles. The van der Waals surface area contributed by atoms with Crippen LogP contribution in [0.15, 0.2) is 72.9 Å². The first-order valence-electron chi connectivity index (χ1n) is 11.0. The summed E-state index contributed by atoms with van der Waals surface area (Å²) in [4.78, 5) is 41.3. The number of nitrogens with one attached hydrogen (secondary N) is 2. The van der Waals surface area contributed by atoms with E-state index in [2.05, 4.69) is 10.3 Å². The zero-order valence-corrected chi connectivity index (χ0v) is 19.2. The van der Waals surface area contributed by atoms with Gasteiger partial charge in [0.2, 0.25) is 0 Å². The van der Waals surface area contributed by atoms with Crippen molar-refractivity contribution in [1.82, 2.24) is 10.3 Å². The van der Waals surface area contributed by atoms with E-state index in [4.69, 9.17) is 9.47 Å². The number of halogens is 2. The van der Waals surface area contributed by atoms with Gasteiger partial charge < -0.3 is 19.8 Å². The van der Waals surface area contributed by atoms with Crippen LogP contribution in [-0.2, 0) is 16.0 Å². The number of aromatic nitrogens is 1. The summed E-state index contributed by atoms with van der Waals surface area (Å²) in [5.41, 5.74) is 1.75. The van der Waals surface area contributed by atoms with Gasteiger partial charge in [-0.25, -0.2) is 13.6 Å². The molecule has 36 heavy (non-hydrogen) atoms. The lowest BCUT2D eigenvalue weighted by Gasteiger charge is -2.18. The first-order chi connectivity index (χ1) is 17.4. The molecule has 9 heteroatoms. The van der Waals surface area contributed by atoms with Gasteiger partial charge in [-0.1, -0.05) is 18.2 Å². The number of para-hydroxylation sites is 1. The Morgan fingerprint density at radius 2 is 1.69 bits per heavy atom. The molecule has 2 N–H and O–H groups in total. The number of fused-ring (bicyclic) bond motifs is 1. The molecule has 0 aliphatic heterocycles. The largest absolute Gasteiger partial charge is 0.494 e. The van der Waals surface area contributed by atoms with E-state index in [-0.39, 0.29) is 23.3 Å². The van der Waals surface area contributed by atoms with E-state index in [1.807, 2.05) is 24.3 Å². The highest BCUT2D eigenvalue weighted by atomic mass is 19.1. The van der Waals surface area contributed by atoms with Crippen molar-refractivity contribution in [1.29, 1.82) is 0 Å². The predicted octanol–water partition coefficient (Wildman–Crippen LogP) is 4.22. The summed E-state index contributed by atoms with van der Waals surface area (Å²) in [6, 6.07) is 14.8. The molecule has 4 rings (SSSR count). The highest BCUT2D eigenvalue weighted by molar-refractivity contribution is 5.99. The van der Waals surface area contributed by atoms with Crippen molar-refractivity contribution in [3.05, 3.63) is 101 Å². The zero-order chi connectivity index (χ0) is 25.7. The molecule has 4 aromatic rings. The zero-order valence-electron chi connectivity index (χ0n) is 19.2. The molecule has 0 aliphatic carbocycles. The third kappa shape index (κ3) is 5.57. The smallest absolute Gasteiger partial charge is 0.329 e. The number of ether oxygens (including phenoxy) is 2. The molecule has 3 aromatic carbocycles. The summed E-state index contributed by atoms with van der Waals surface area (Å²) in [6.45, 7) is -0.651. The quantitative estimate of drug-likeness (QED) is 0.269. The van der Waals surface area contributed by atoms with Gasteiger partial charge in [0.05, 0.1) is 7.11 Å². The van der Waals surface area contributed by atoms with Gasteiger partial charge in [0.1, 0.15) is 11.9 Å². The minimum atomic E-state index is -1.15. The van der Waals surface area contributed by atoms with Gasteiger partial charge >= 0.3 is 5.97 Å². The monoisotopic (exact) mass is 492 g/mol. The van der Waals surface area contributed by atoms with Crippen molar-refractivity contribution in [2.45, 2.75) is 12.5 Å². The number of ketones is 1. The van der Waals surface area contributed by atoms with Crippen LogP contribution in [0.1, 0.15) is 26.3 Å². The fraction of sp³-hybridized carbons (Fsp3) is 0.148. The van der Waals surface area contributed by atoms with Crippen LogP contribution in [0.25, 0.3) is 10.9 Å². The average molecular weight is 492 g/mol. The summed E-state index contributed by atoms with van der Waals surface area (Å²) in [6.07, 6.45) is 1.79. The van der Waals surface area contributed by atoms with E-state index in [0.717, 1.165) is 34.7 Å². The molecule has 0 unspecified atom stereocenters. The second kappa shape index (κ2) is 10.8. The number of Topliss-reactive ketones (excluding diaryl/α,β-unsaturated/α-hetero) is 1. The Hall–Kier alpha value is -4.53. The first kappa shape index (κ1) is 24.6. The SMILES string of the molecule is COc1ccc(C(=O)COC(=O)[C@H](Cc2c[nH]c3ccccc23)NC(=O)c2ccc(F)cc2)cc1F. The van der Waals surface area contributed by atoms with Crippen LogP contribution in [0, 0.1) is 11.6 Å². The van der Waals surface area contributed by atoms with Crippen molar-refractivity contribution >= 4 is 28.6 Å². The number of carbonyl (C=O) groups is 3. The standard InChI is InChI=1S/C27H22F2N2O5/c1-35-25-11-8-17(12-21(25)29)24(32)15-36-27(34)23(31-26(33)16-6-9-19(28)10-7-16)13-18-14-30-22-5-3-2-4-20(18)22/h2-12,14,23,30H,13,15H2,1H3,(H,31,33)/t23-/m0/s1. The minimum Gasteiger partial charge on any atom is -0.494 e. The lowest BCUT2D eigenvalue weighted by Crippen LogP contribution is -2.43. The number of H-pyrrole nitrogens is 1. The maximum Gasteiger partial charge on any atom is 0.329 e. The predicted molar refractivity (Wildman–Crippen MR) is 128 cm³/mol. The number of aromatic amines is 1. The number of methoxy groups -OCH3 is 1. The van der Waals surface area contributed by atoms with Crippen molar-refractivity contribution in [2.75, 3.05) is 13.7 Å². The average Bonchev–Trinajstić information content (AvgIpc) is 3.29. The summed E-state index contributed by atoms with van der Waals surface area (Å²) in [7, 11) is 1.30. The van der Waals surface area contributed by atoms with E-state index in [1.54, 1.807) is 6.20 Å². The number of benzene rings is 3. The highest BCUT2D eigenvalue weighted by Gasteiger charge is 2.26. The molecule has 1 heterocycles. The highest BCUT2D eigenvalue weighted by Crippen LogP contribution is 2.20. The molecule has 0 fully saturated rings. The van der Waals surface area contributed by atoms with Gasteiger partial charge in [0.25, 0.3) is 5.91 Å². The number of carbonyl (C=O) groups excluding carboxylic acids is 3. The summed E-state index contributed by atoms with van der Waals surface area (Å²) >= 11 is 0. The van der Waals surface area contributed by atoms with Crippen molar-refractivity contribution in [3.8, 4) is 5.75 Å². The molecule has 0 bridgehead atoms. The fourth-order valence-corrected chi connectivity index (χ4v) is 3.72. The third-order valence-electron chi connectivity index (χ3n) is 5.61. The van der Waals surface area contributed by atoms with Crippen molar-refractivity contribution < 1.29 is 32.6 Å². The Balaban J connectivity index is 1.51. The van der Waals surface area contributed by atoms with Gasteiger partial charge in [-0.3, -0.25) is 9.59 Å². The molecule has 1 atom stereocenters. The maximum atomic E-state index is 13.9. The molecule has 7 nitrogen and oxygen atoms in total. The summed E-state index contributed by atoms with van der Waals surface area (Å²) < 4.78 is 37.2. The Labute approximate surface area is 205 Å². The van der Waals surface area contributed by atoms with Gasteiger partial charge in [0, 0.05) is 34.6 Å². The van der Waals surface area contributed by atoms with Gasteiger partial charge in [-0.15, -0.1) is 0 Å². The third-order valence-corrected chi connectivity index (χ3v) is 5.61. The number of amides is 1. The van der Waals surface area contributed by atoms with Crippen LogP contribution in [0.3, 0.4) is 0 Å². The van der Waals surface area contributed by atoms with Crippen molar-refractivity contribution in [3.63, 3.8) is 0 Å². The second-order valence-electron chi connectivity index (χ2n) is 7.98. The molecular formula is C27H22F2N2O5. The maximum absolute atomic E-state index is 13.9. The topological polar surface area (TPSA) is 97.5 Å². The van der Waals surface area contributed by atoms with Crippen molar-refractivity contribution in [2.24, 2.45) is 0 Å². The molecule has 0 saturated heterocycles. The van der Waals surface area contributed by atoms with E-state index in [9.17, 15) is 23.2 Å². The van der Waals surface area contributed by atoms with Crippen LogP contribution in [0.5, 0.6) is 5.75 Å². The van der Waals surface area contributed by atoms with E-state index in [1.165, 1.54) is 31.4 Å². The molecular weight excluding hydrogens is 470 g/mol. The fourth-order valence-electron chi connectivity index (χ4n) is 3.72. The van der Waals surface area contributed by atoms with E-state index >= 15 is 0 Å². The number of esters is 1. The van der Waals surface area contributed by atoms with Crippen LogP contribution >= 0.6 is 0 Å². The van der Waals surface area contributed by atoms with Crippen LogP contribution in [0.2, 0.25) is 0 Å². The van der Waals surface area contributed by atoms with Crippen LogP contribution < -0.4 is 10.1 Å². The Bertz CT molecular complexity index is 1420. The molecule has 1 amide bonds. The van der Waals surface area contributed by atoms with Gasteiger partial charge in [0.15, 0.2) is 24.0 Å². The normalized spacial score (nSPS) is 11.6. The molecule has 0 spiro atoms. The van der Waals surface area contributed by atoms with E-state index in [0.29, 0.717) is 0 Å². The van der Waals surface area contributed by atoms with Gasteiger partial charge in [-0.2, -0.15) is 0 Å². The number of hydrogen-bond donors (Lipinski definition) is 2. The van der Waals surface area contributed by atoms with E-state index < -0.39 is 41.9 Å². The molecule has 0 aliphatic rings. The molecule has 0 radical (unpaired) electrons. The lowest BCUT2D eigenvalue weighted by atomic mass is 10.0. The lowest BCUT2D eigenvalue weighted by molar-refractivity contribution is -0.144. The summed E-state index contributed by atoms with van der Waals surface area (Å²) in [5, 5.41) is 3.46. The first-order valence-corrected chi connectivity index (χ1v) is 11.0. The number of rotatable bonds is 9. The summed E-state index contributed by atoms with van der Waals surface area (Å²) in [5.74, 6) is -3.34. The molecule has 1 aromatic heterocycles. The minimum absolute atomic E-state index is 0.00428. The van der Waals surface area contributed by atoms with Crippen LogP contribution in [0.4, 0.5) is 8.78 Å².